The molecule has 0 atom stereocenters. The molecule has 0 bridgehead atoms. The van der Waals surface area contributed by atoms with Gasteiger partial charge in [-0.15, -0.1) is 0 Å². The van der Waals surface area contributed by atoms with Gasteiger partial charge in [0.25, 0.3) is 0 Å². The number of aromatic nitrogens is 2. The Bertz CT molecular complexity index is 1070. The number of anilines is 1. The van der Waals surface area contributed by atoms with E-state index in [1.165, 1.54) is 0 Å². The lowest BCUT2D eigenvalue weighted by atomic mass is 9.99. The minimum absolute atomic E-state index is 0.0205. The molecule has 0 fully saturated rings. The average Bonchev–Trinajstić information content (AvgIpc) is 3.01. The summed E-state index contributed by atoms with van der Waals surface area (Å²) >= 11 is 0. The van der Waals surface area contributed by atoms with Crippen molar-refractivity contribution >= 4 is 28.9 Å². The van der Waals surface area contributed by atoms with Crippen LogP contribution >= 0.6 is 0 Å². The van der Waals surface area contributed by atoms with E-state index in [-0.39, 0.29) is 5.88 Å². The number of nitrogens with one attached hydrogen (secondary N) is 4. The Kier molecular flexibility index (Phi) is 4.17. The smallest absolute Gasteiger partial charge is 0.237 e. The highest BCUT2D eigenvalue weighted by molar-refractivity contribution is 5.98. The Morgan fingerprint density at radius 2 is 2.30 bits per heavy atom. The minimum atomic E-state index is 0.0205. The van der Waals surface area contributed by atoms with Crippen LogP contribution in [-0.4, -0.2) is 34.4 Å². The molecular weight excluding hydrogens is 344 g/mol. The van der Waals surface area contributed by atoms with E-state index in [9.17, 15) is 5.11 Å². The Balaban J connectivity index is 1.87. The van der Waals surface area contributed by atoms with Gasteiger partial charge in [-0.2, -0.15) is 0 Å². The summed E-state index contributed by atoms with van der Waals surface area (Å²) in [5.74, 6) is 6.05. The number of rotatable bonds is 4. The third kappa shape index (κ3) is 2.85. The molecular formula is C19H20N6O2. The van der Waals surface area contributed by atoms with Crippen molar-refractivity contribution in [1.82, 2.24) is 15.4 Å². The molecule has 3 heterocycles. The molecule has 3 aromatic rings. The summed E-state index contributed by atoms with van der Waals surface area (Å²) in [6.07, 6.45) is 4.51. The Morgan fingerprint density at radius 1 is 1.44 bits per heavy atom. The Hall–Kier alpha value is -3.52. The lowest BCUT2D eigenvalue weighted by Gasteiger charge is -2.21. The van der Waals surface area contributed by atoms with Crippen molar-refractivity contribution in [1.29, 1.82) is 5.41 Å². The van der Waals surface area contributed by atoms with Crippen molar-refractivity contribution in [3.8, 4) is 22.9 Å². The molecule has 0 aliphatic carbocycles. The maximum Gasteiger partial charge on any atom is 0.237 e. The number of benzene rings is 1. The van der Waals surface area contributed by atoms with Crippen LogP contribution in [-0.2, 0) is 0 Å². The lowest BCUT2D eigenvalue weighted by molar-refractivity contribution is 0.310. The molecule has 138 valence electrons. The number of aromatic amines is 1. The summed E-state index contributed by atoms with van der Waals surface area (Å²) in [6, 6.07) is 5.87. The molecule has 0 amide bonds. The first-order chi connectivity index (χ1) is 13.1. The highest BCUT2D eigenvalue weighted by atomic mass is 16.5. The first kappa shape index (κ1) is 16.9. The summed E-state index contributed by atoms with van der Waals surface area (Å²) in [7, 11) is 0. The van der Waals surface area contributed by atoms with E-state index < -0.39 is 0 Å². The van der Waals surface area contributed by atoms with Crippen LogP contribution in [0.1, 0.15) is 11.1 Å². The number of nitrogens with zero attached hydrogens (tertiary/aromatic N) is 1. The highest BCUT2D eigenvalue weighted by Crippen LogP contribution is 2.37. The van der Waals surface area contributed by atoms with E-state index in [0.717, 1.165) is 46.0 Å². The summed E-state index contributed by atoms with van der Waals surface area (Å²) in [5, 5.41) is 21.8. The number of allylic oxidation sites excluding steroid dienone is 1. The Labute approximate surface area is 155 Å². The van der Waals surface area contributed by atoms with E-state index >= 15 is 0 Å². The second kappa shape index (κ2) is 6.65. The van der Waals surface area contributed by atoms with Gasteiger partial charge < -0.3 is 31.0 Å². The number of nitrogens with two attached hydrogens (primary N) is 1. The van der Waals surface area contributed by atoms with Crippen molar-refractivity contribution in [2.75, 3.05) is 18.5 Å². The zero-order valence-electron chi connectivity index (χ0n) is 14.8. The van der Waals surface area contributed by atoms with E-state index in [1.54, 1.807) is 12.3 Å². The van der Waals surface area contributed by atoms with Crippen LogP contribution in [0.5, 0.6) is 11.8 Å². The number of ether oxygens (including phenoxy) is 1. The molecule has 8 heteroatoms. The van der Waals surface area contributed by atoms with Crippen LogP contribution in [0.2, 0.25) is 0 Å². The monoisotopic (exact) mass is 364 g/mol. The third-order valence-electron chi connectivity index (χ3n) is 4.70. The van der Waals surface area contributed by atoms with E-state index in [2.05, 4.69) is 20.7 Å². The van der Waals surface area contributed by atoms with Crippen LogP contribution in [0.25, 0.3) is 28.1 Å². The first-order valence-electron chi connectivity index (χ1n) is 8.52. The molecule has 1 aliphatic rings. The van der Waals surface area contributed by atoms with Crippen LogP contribution < -0.4 is 21.3 Å². The van der Waals surface area contributed by atoms with Crippen molar-refractivity contribution in [2.45, 2.75) is 6.92 Å². The third-order valence-corrected chi connectivity index (χ3v) is 4.70. The highest BCUT2D eigenvalue weighted by Gasteiger charge is 2.18. The molecule has 0 radical (unpaired) electrons. The molecule has 1 aromatic carbocycles. The van der Waals surface area contributed by atoms with Gasteiger partial charge in [-0.05, 0) is 36.3 Å². The van der Waals surface area contributed by atoms with Crippen molar-refractivity contribution in [3.63, 3.8) is 0 Å². The summed E-state index contributed by atoms with van der Waals surface area (Å²) in [6.45, 7) is 3.38. The zero-order chi connectivity index (χ0) is 19.0. The fraction of sp³-hybridized carbons (Fsp3) is 0.158. The molecule has 27 heavy (non-hydrogen) atoms. The number of aromatic hydroxyl groups is 1. The normalized spacial score (nSPS) is 13.6. The molecule has 4 rings (SSSR count). The summed E-state index contributed by atoms with van der Waals surface area (Å²) in [5.41, 5.74) is 8.07. The summed E-state index contributed by atoms with van der Waals surface area (Å²) in [4.78, 5) is 7.37. The van der Waals surface area contributed by atoms with Crippen LogP contribution in [0.15, 0.2) is 30.1 Å². The fourth-order valence-corrected chi connectivity index (χ4v) is 3.30. The van der Waals surface area contributed by atoms with Gasteiger partial charge in [0.15, 0.2) is 5.88 Å². The first-order valence-corrected chi connectivity index (χ1v) is 8.52. The molecule has 0 spiro atoms. The molecule has 1 aliphatic heterocycles. The number of hydrogen-bond donors (Lipinski definition) is 6. The SMILES string of the molecule is Cc1c(-c2ccc3[nH]c(O)c(C=C(C=N)NN)c3c2)cnc2c1NCCO2. The number of hydrogen-bond acceptors (Lipinski definition) is 7. The number of H-pyrrole nitrogens is 1. The molecule has 8 nitrogen and oxygen atoms in total. The molecule has 0 unspecified atom stereocenters. The summed E-state index contributed by atoms with van der Waals surface area (Å²) < 4.78 is 5.60. The predicted octanol–water partition coefficient (Wildman–Crippen LogP) is 2.50. The Morgan fingerprint density at radius 3 is 3.07 bits per heavy atom. The maximum atomic E-state index is 10.3. The van der Waals surface area contributed by atoms with Crippen LogP contribution in [0, 0.1) is 12.3 Å². The van der Waals surface area contributed by atoms with E-state index in [4.69, 9.17) is 16.0 Å². The average molecular weight is 364 g/mol. The predicted molar refractivity (Wildman–Crippen MR) is 106 cm³/mol. The molecule has 0 saturated heterocycles. The van der Waals surface area contributed by atoms with Crippen molar-refractivity contribution in [2.24, 2.45) is 5.84 Å². The van der Waals surface area contributed by atoms with Gasteiger partial charge >= 0.3 is 0 Å². The standard InChI is InChI=1S/C19H20N6O2/c1-10-15(9-23-19-17(10)22-4-5-27-19)11-2-3-16-13(6-11)14(18(26)24-16)7-12(8-20)25-21/h2-3,6-9,20,22,24-26H,4-5,21H2,1H3. The molecule has 2 aromatic heterocycles. The van der Waals surface area contributed by atoms with Gasteiger partial charge in [0.05, 0.1) is 5.70 Å². The van der Waals surface area contributed by atoms with Gasteiger partial charge in [0, 0.05) is 41.0 Å². The van der Waals surface area contributed by atoms with Gasteiger partial charge in [-0.1, -0.05) is 6.07 Å². The number of pyridine rings is 1. The number of fused-ring (bicyclic) bond motifs is 2. The zero-order valence-corrected chi connectivity index (χ0v) is 14.8. The number of hydrazine groups is 1. The second-order valence-electron chi connectivity index (χ2n) is 6.29. The maximum absolute atomic E-state index is 10.3. The van der Waals surface area contributed by atoms with Crippen LogP contribution in [0.4, 0.5) is 5.69 Å². The topological polar surface area (TPSA) is 132 Å². The lowest BCUT2D eigenvalue weighted by Crippen LogP contribution is -2.21. The van der Waals surface area contributed by atoms with Crippen molar-refractivity contribution in [3.05, 3.63) is 41.2 Å². The van der Waals surface area contributed by atoms with Crippen LogP contribution in [0.3, 0.4) is 0 Å². The van der Waals surface area contributed by atoms with Gasteiger partial charge in [0.2, 0.25) is 5.88 Å². The molecule has 0 saturated carbocycles. The van der Waals surface area contributed by atoms with Gasteiger partial charge in [-0.25, -0.2) is 4.98 Å². The molecule has 7 N–H and O–H groups in total. The van der Waals surface area contributed by atoms with Gasteiger partial charge in [-0.3, -0.25) is 5.84 Å². The second-order valence-corrected chi connectivity index (χ2v) is 6.29. The van der Waals surface area contributed by atoms with E-state index in [0.29, 0.717) is 23.7 Å². The van der Waals surface area contributed by atoms with Crippen molar-refractivity contribution < 1.29 is 9.84 Å². The van der Waals surface area contributed by atoms with E-state index in [1.807, 2.05) is 25.1 Å². The minimum Gasteiger partial charge on any atom is -0.494 e. The quantitative estimate of drug-likeness (QED) is 0.239. The largest absolute Gasteiger partial charge is 0.494 e. The fourth-order valence-electron chi connectivity index (χ4n) is 3.30. The van der Waals surface area contributed by atoms with Gasteiger partial charge in [0.1, 0.15) is 12.3 Å².